The molecule has 0 atom stereocenters. The van der Waals surface area contributed by atoms with Gasteiger partial charge in [0.1, 0.15) is 6.61 Å². The Morgan fingerprint density at radius 2 is 1.11 bits per heavy atom. The third kappa shape index (κ3) is 17.3. The quantitative estimate of drug-likeness (QED) is 0.342. The second kappa shape index (κ2) is 15.3. The molecule has 7 nitrogen and oxygen atoms in total. The third-order valence-electron chi connectivity index (χ3n) is 1.88. The summed E-state index contributed by atoms with van der Waals surface area (Å²) in [6, 6.07) is 0. The molecule has 0 aromatic rings. The lowest BCUT2D eigenvalue weighted by atomic mass is 10.7. The van der Waals surface area contributed by atoms with Crippen molar-refractivity contribution in [2.75, 3.05) is 66.1 Å². The smallest absolute Gasteiger partial charge is 0.302 e. The van der Waals surface area contributed by atoms with E-state index in [0.29, 0.717) is 52.9 Å². The number of aliphatic hydroxyl groups excluding tert-OH is 1. The molecule has 0 aliphatic carbocycles. The van der Waals surface area contributed by atoms with Crippen molar-refractivity contribution in [3.05, 3.63) is 0 Å². The van der Waals surface area contributed by atoms with Gasteiger partial charge in [0, 0.05) is 6.92 Å². The Morgan fingerprint density at radius 1 is 0.737 bits per heavy atom. The van der Waals surface area contributed by atoms with Gasteiger partial charge in [0.2, 0.25) is 0 Å². The highest BCUT2D eigenvalue weighted by molar-refractivity contribution is 5.65. The predicted molar refractivity (Wildman–Crippen MR) is 67.0 cm³/mol. The van der Waals surface area contributed by atoms with Gasteiger partial charge in [-0.05, 0) is 0 Å². The van der Waals surface area contributed by atoms with Crippen molar-refractivity contribution < 1.29 is 33.6 Å². The molecule has 0 saturated heterocycles. The van der Waals surface area contributed by atoms with Gasteiger partial charge in [0.15, 0.2) is 0 Å². The molecule has 0 rings (SSSR count). The van der Waals surface area contributed by atoms with Crippen molar-refractivity contribution in [1.29, 1.82) is 0 Å². The lowest BCUT2D eigenvalue weighted by Gasteiger charge is -2.07. The largest absolute Gasteiger partial charge is 0.463 e. The van der Waals surface area contributed by atoms with Crippen LogP contribution in [0.15, 0.2) is 0 Å². The lowest BCUT2D eigenvalue weighted by Crippen LogP contribution is -2.14. The number of carbonyl (C=O) groups excluding carboxylic acids is 1. The highest BCUT2D eigenvalue weighted by Gasteiger charge is 1.94. The molecule has 7 heteroatoms. The maximum Gasteiger partial charge on any atom is 0.302 e. The van der Waals surface area contributed by atoms with Crippen molar-refractivity contribution in [2.45, 2.75) is 6.92 Å². The maximum atomic E-state index is 10.4. The average molecular weight is 280 g/mol. The van der Waals surface area contributed by atoms with Gasteiger partial charge >= 0.3 is 5.97 Å². The Bertz CT molecular complexity index is 199. The number of rotatable bonds is 14. The summed E-state index contributed by atoms with van der Waals surface area (Å²) in [6.45, 7) is 5.26. The summed E-state index contributed by atoms with van der Waals surface area (Å²) in [6.07, 6.45) is 0. The normalized spacial score (nSPS) is 10.6. The van der Waals surface area contributed by atoms with Crippen LogP contribution >= 0.6 is 0 Å². The monoisotopic (exact) mass is 280 g/mol. The van der Waals surface area contributed by atoms with Gasteiger partial charge in [0.25, 0.3) is 0 Å². The zero-order valence-electron chi connectivity index (χ0n) is 11.5. The van der Waals surface area contributed by atoms with E-state index in [9.17, 15) is 4.79 Å². The average Bonchev–Trinajstić information content (AvgIpc) is 2.39. The summed E-state index contributed by atoms with van der Waals surface area (Å²) >= 11 is 0. The number of esters is 1. The van der Waals surface area contributed by atoms with Gasteiger partial charge < -0.3 is 28.8 Å². The highest BCUT2D eigenvalue weighted by Crippen LogP contribution is 1.83. The Morgan fingerprint density at radius 3 is 1.47 bits per heavy atom. The number of hydrogen-bond donors (Lipinski definition) is 1. The molecule has 0 spiro atoms. The first-order valence-electron chi connectivity index (χ1n) is 6.32. The van der Waals surface area contributed by atoms with E-state index in [1.54, 1.807) is 0 Å². The van der Waals surface area contributed by atoms with Crippen LogP contribution in [-0.4, -0.2) is 77.1 Å². The summed E-state index contributed by atoms with van der Waals surface area (Å²) in [4.78, 5) is 10.4. The van der Waals surface area contributed by atoms with Gasteiger partial charge in [-0.25, -0.2) is 0 Å². The minimum absolute atomic E-state index is 0.0283. The lowest BCUT2D eigenvalue weighted by molar-refractivity contribution is -0.142. The van der Waals surface area contributed by atoms with Gasteiger partial charge in [-0.2, -0.15) is 0 Å². The summed E-state index contributed by atoms with van der Waals surface area (Å²) < 4.78 is 25.3. The van der Waals surface area contributed by atoms with Crippen molar-refractivity contribution in [3.8, 4) is 0 Å². The molecule has 0 aliphatic heterocycles. The minimum atomic E-state index is -0.306. The van der Waals surface area contributed by atoms with Crippen molar-refractivity contribution in [3.63, 3.8) is 0 Å². The molecule has 0 aromatic heterocycles. The number of hydrogen-bond acceptors (Lipinski definition) is 7. The molecule has 0 aromatic carbocycles. The first-order chi connectivity index (χ1) is 9.27. The third-order valence-corrected chi connectivity index (χ3v) is 1.88. The number of ether oxygens (including phenoxy) is 5. The standard InChI is InChI=1S/C12H24O7/c1-12(14)19-11-10-18-9-8-17-7-6-16-5-4-15-3-2-13/h13H,2-11H2,1H3. The Kier molecular flexibility index (Phi) is 14.7. The van der Waals surface area contributed by atoms with Crippen LogP contribution in [0.3, 0.4) is 0 Å². The van der Waals surface area contributed by atoms with E-state index in [1.165, 1.54) is 6.92 Å². The number of aliphatic hydroxyl groups is 1. The molecule has 0 heterocycles. The summed E-state index contributed by atoms with van der Waals surface area (Å²) in [5.74, 6) is -0.306. The Hall–Kier alpha value is -0.730. The van der Waals surface area contributed by atoms with E-state index in [1.807, 2.05) is 0 Å². The fourth-order valence-electron chi connectivity index (χ4n) is 1.07. The molecule has 1 N–H and O–H groups in total. The molecule has 19 heavy (non-hydrogen) atoms. The van der Waals surface area contributed by atoms with Gasteiger partial charge in [-0.15, -0.1) is 0 Å². The molecule has 0 fully saturated rings. The van der Waals surface area contributed by atoms with E-state index in [0.717, 1.165) is 0 Å². The Balaban J connectivity index is 2.93. The number of carbonyl (C=O) groups is 1. The fourth-order valence-corrected chi connectivity index (χ4v) is 1.07. The SMILES string of the molecule is CC(=O)OCCOCCOCCOCCOCCO. The van der Waals surface area contributed by atoms with Crippen LogP contribution in [-0.2, 0) is 28.5 Å². The molecule has 0 aliphatic rings. The minimum Gasteiger partial charge on any atom is -0.463 e. The van der Waals surface area contributed by atoms with E-state index < -0.39 is 0 Å². The first kappa shape index (κ1) is 18.3. The Labute approximate surface area is 113 Å². The van der Waals surface area contributed by atoms with Crippen molar-refractivity contribution in [2.24, 2.45) is 0 Å². The molecular formula is C12H24O7. The van der Waals surface area contributed by atoms with Crippen LogP contribution in [0.5, 0.6) is 0 Å². The summed E-state index contributed by atoms with van der Waals surface area (Å²) in [5, 5.41) is 8.45. The summed E-state index contributed by atoms with van der Waals surface area (Å²) in [5.41, 5.74) is 0. The van der Waals surface area contributed by atoms with Gasteiger partial charge in [-0.1, -0.05) is 0 Å². The molecular weight excluding hydrogens is 256 g/mol. The van der Waals surface area contributed by atoms with Crippen LogP contribution in [0, 0.1) is 0 Å². The van der Waals surface area contributed by atoms with E-state index in [2.05, 4.69) is 4.74 Å². The molecule has 114 valence electrons. The zero-order valence-corrected chi connectivity index (χ0v) is 11.5. The fraction of sp³-hybridized carbons (Fsp3) is 0.917. The van der Waals surface area contributed by atoms with Crippen LogP contribution in [0.4, 0.5) is 0 Å². The van der Waals surface area contributed by atoms with Crippen LogP contribution in [0.2, 0.25) is 0 Å². The predicted octanol–water partition coefficient (Wildman–Crippen LogP) is -0.392. The first-order valence-corrected chi connectivity index (χ1v) is 6.32. The second-order valence-electron chi connectivity index (χ2n) is 3.51. The van der Waals surface area contributed by atoms with E-state index >= 15 is 0 Å². The van der Waals surface area contributed by atoms with Crippen LogP contribution in [0.25, 0.3) is 0 Å². The zero-order chi connectivity index (χ0) is 14.2. The van der Waals surface area contributed by atoms with Gasteiger partial charge in [-0.3, -0.25) is 4.79 Å². The second-order valence-corrected chi connectivity index (χ2v) is 3.51. The van der Waals surface area contributed by atoms with E-state index in [-0.39, 0.29) is 19.2 Å². The molecule has 0 unspecified atom stereocenters. The summed E-state index contributed by atoms with van der Waals surface area (Å²) in [7, 11) is 0. The molecule has 0 saturated carbocycles. The molecule has 0 bridgehead atoms. The van der Waals surface area contributed by atoms with Crippen molar-refractivity contribution >= 4 is 5.97 Å². The molecule has 0 radical (unpaired) electrons. The topological polar surface area (TPSA) is 83.5 Å². The van der Waals surface area contributed by atoms with Crippen molar-refractivity contribution in [1.82, 2.24) is 0 Å². The van der Waals surface area contributed by atoms with E-state index in [4.69, 9.17) is 24.1 Å². The van der Waals surface area contributed by atoms with Gasteiger partial charge in [0.05, 0.1) is 59.5 Å². The highest BCUT2D eigenvalue weighted by atomic mass is 16.6. The maximum absolute atomic E-state index is 10.4. The molecule has 0 amide bonds. The van der Waals surface area contributed by atoms with Crippen LogP contribution in [0.1, 0.15) is 6.92 Å². The van der Waals surface area contributed by atoms with Crippen LogP contribution < -0.4 is 0 Å².